The highest BCUT2D eigenvalue weighted by Crippen LogP contribution is 2.20. The molecule has 5 heteroatoms. The molecule has 4 aromatic rings. The third-order valence-corrected chi connectivity index (χ3v) is 4.17. The van der Waals surface area contributed by atoms with Crippen LogP contribution in [0.3, 0.4) is 0 Å². The maximum Gasteiger partial charge on any atom is 0.336 e. The van der Waals surface area contributed by atoms with E-state index in [1.54, 1.807) is 24.3 Å². The first-order valence-electron chi connectivity index (χ1n) is 8.10. The van der Waals surface area contributed by atoms with Crippen LogP contribution in [-0.2, 0) is 0 Å². The van der Waals surface area contributed by atoms with Gasteiger partial charge in [0.05, 0.1) is 0 Å². The van der Waals surface area contributed by atoms with Gasteiger partial charge >= 0.3 is 5.63 Å². The van der Waals surface area contributed by atoms with Crippen molar-refractivity contribution < 1.29 is 14.4 Å². The van der Waals surface area contributed by atoms with Gasteiger partial charge in [-0.05, 0) is 41.1 Å². The molecule has 0 amide bonds. The van der Waals surface area contributed by atoms with Crippen LogP contribution in [0.15, 0.2) is 87.2 Å². The lowest BCUT2D eigenvalue weighted by molar-refractivity contribution is 0.308. The summed E-state index contributed by atoms with van der Waals surface area (Å²) < 4.78 is 10.9. The van der Waals surface area contributed by atoms with Gasteiger partial charge in [0.25, 0.3) is 0 Å². The molecule has 0 atom stereocenters. The molecule has 1 heterocycles. The number of oxime groups is 1. The van der Waals surface area contributed by atoms with Crippen molar-refractivity contribution in [3.63, 3.8) is 0 Å². The molecule has 0 aliphatic rings. The predicted octanol–water partition coefficient (Wildman–Crippen LogP) is 4.20. The molecule has 0 aliphatic heterocycles. The zero-order valence-corrected chi connectivity index (χ0v) is 13.8. The van der Waals surface area contributed by atoms with Crippen molar-refractivity contribution in [2.24, 2.45) is 5.16 Å². The van der Waals surface area contributed by atoms with Gasteiger partial charge in [0, 0.05) is 17.0 Å². The average Bonchev–Trinajstić information content (AvgIpc) is 2.68. The van der Waals surface area contributed by atoms with Gasteiger partial charge in [0.1, 0.15) is 23.7 Å². The molecule has 5 nitrogen and oxygen atoms in total. The second-order valence-electron chi connectivity index (χ2n) is 5.85. The number of rotatable bonds is 4. The standard InChI is InChI=1S/C21H15NO4/c23-21-10-7-17-12-18(8-9-20(17)26-21)25-13-19(22-24)16-6-5-14-3-1-2-4-15(14)11-16/h1-12,24H,13H2/b22-19+. The lowest BCUT2D eigenvalue weighted by Crippen LogP contribution is -2.13. The maximum absolute atomic E-state index is 11.2. The first kappa shape index (κ1) is 15.9. The summed E-state index contributed by atoms with van der Waals surface area (Å²) in [6.45, 7) is 0.108. The fourth-order valence-electron chi connectivity index (χ4n) is 2.83. The lowest BCUT2D eigenvalue weighted by atomic mass is 10.0. The SMILES string of the molecule is O=c1ccc2cc(OC/C(=N\O)c3ccc4ccccc4c3)ccc2o1. The van der Waals surface area contributed by atoms with Crippen molar-refractivity contribution >= 4 is 27.5 Å². The Morgan fingerprint density at radius 3 is 2.58 bits per heavy atom. The van der Waals surface area contributed by atoms with Gasteiger partial charge in [0.15, 0.2) is 0 Å². The summed E-state index contributed by atoms with van der Waals surface area (Å²) in [7, 11) is 0. The first-order chi connectivity index (χ1) is 12.7. The summed E-state index contributed by atoms with van der Waals surface area (Å²) in [5.74, 6) is 0.591. The van der Waals surface area contributed by atoms with Crippen LogP contribution < -0.4 is 10.4 Å². The van der Waals surface area contributed by atoms with Crippen LogP contribution in [0.1, 0.15) is 5.56 Å². The van der Waals surface area contributed by atoms with Crippen molar-refractivity contribution in [2.75, 3.05) is 6.61 Å². The molecule has 1 aromatic heterocycles. The molecule has 26 heavy (non-hydrogen) atoms. The van der Waals surface area contributed by atoms with Crippen LogP contribution in [0.5, 0.6) is 5.75 Å². The van der Waals surface area contributed by atoms with Crippen LogP contribution in [0.2, 0.25) is 0 Å². The number of hydrogen-bond donors (Lipinski definition) is 1. The predicted molar refractivity (Wildman–Crippen MR) is 100 cm³/mol. The summed E-state index contributed by atoms with van der Waals surface area (Å²) in [5, 5.41) is 15.7. The normalized spacial score (nSPS) is 11.8. The molecule has 0 fully saturated rings. The molecule has 1 N–H and O–H groups in total. The summed E-state index contributed by atoms with van der Waals surface area (Å²) in [6, 6.07) is 22.0. The Morgan fingerprint density at radius 1 is 0.923 bits per heavy atom. The van der Waals surface area contributed by atoms with Crippen LogP contribution in [0, 0.1) is 0 Å². The molecule has 0 aliphatic carbocycles. The van der Waals surface area contributed by atoms with Crippen LogP contribution in [0.25, 0.3) is 21.7 Å². The molecule has 128 valence electrons. The second kappa shape index (κ2) is 6.72. The minimum absolute atomic E-state index is 0.108. The Hall–Kier alpha value is -3.60. The number of nitrogens with zero attached hydrogens (tertiary/aromatic N) is 1. The highest BCUT2D eigenvalue weighted by Gasteiger charge is 2.08. The molecule has 0 saturated carbocycles. The average molecular weight is 345 g/mol. The topological polar surface area (TPSA) is 72.0 Å². The van der Waals surface area contributed by atoms with Crippen LogP contribution in [-0.4, -0.2) is 17.5 Å². The number of benzene rings is 3. The first-order valence-corrected chi connectivity index (χ1v) is 8.10. The minimum atomic E-state index is -0.392. The summed E-state index contributed by atoms with van der Waals surface area (Å²) in [4.78, 5) is 11.2. The van der Waals surface area contributed by atoms with Crippen molar-refractivity contribution in [3.05, 3.63) is 88.8 Å². The number of hydrogen-bond acceptors (Lipinski definition) is 5. The van der Waals surface area contributed by atoms with E-state index in [0.717, 1.165) is 21.7 Å². The smallest absolute Gasteiger partial charge is 0.336 e. The Morgan fingerprint density at radius 2 is 1.73 bits per heavy atom. The fourth-order valence-corrected chi connectivity index (χ4v) is 2.83. The van der Waals surface area contributed by atoms with Gasteiger partial charge in [-0.3, -0.25) is 0 Å². The van der Waals surface area contributed by atoms with Gasteiger partial charge in [-0.2, -0.15) is 0 Å². The largest absolute Gasteiger partial charge is 0.487 e. The molecular formula is C21H15NO4. The third-order valence-electron chi connectivity index (χ3n) is 4.17. The van der Waals surface area contributed by atoms with E-state index in [1.165, 1.54) is 6.07 Å². The van der Waals surface area contributed by atoms with E-state index in [0.29, 0.717) is 17.0 Å². The molecule has 4 rings (SSSR count). The van der Waals surface area contributed by atoms with Gasteiger partial charge < -0.3 is 14.4 Å². The zero-order chi connectivity index (χ0) is 17.9. The molecule has 0 unspecified atom stereocenters. The molecule has 0 bridgehead atoms. The molecule has 0 radical (unpaired) electrons. The van der Waals surface area contributed by atoms with E-state index in [9.17, 15) is 10.0 Å². The van der Waals surface area contributed by atoms with E-state index < -0.39 is 5.63 Å². The maximum atomic E-state index is 11.2. The van der Waals surface area contributed by atoms with E-state index in [2.05, 4.69) is 5.16 Å². The second-order valence-corrected chi connectivity index (χ2v) is 5.85. The van der Waals surface area contributed by atoms with Gasteiger partial charge in [-0.25, -0.2) is 4.79 Å². The van der Waals surface area contributed by atoms with E-state index >= 15 is 0 Å². The lowest BCUT2D eigenvalue weighted by Gasteiger charge is -2.09. The van der Waals surface area contributed by atoms with Crippen molar-refractivity contribution in [1.29, 1.82) is 0 Å². The molecule has 0 spiro atoms. The van der Waals surface area contributed by atoms with Gasteiger partial charge in [0.2, 0.25) is 0 Å². The van der Waals surface area contributed by atoms with E-state index in [4.69, 9.17) is 9.15 Å². The Kier molecular flexibility index (Phi) is 4.11. The van der Waals surface area contributed by atoms with E-state index in [-0.39, 0.29) is 6.61 Å². The van der Waals surface area contributed by atoms with E-state index in [1.807, 2.05) is 42.5 Å². The molecule has 0 saturated heterocycles. The molecular weight excluding hydrogens is 330 g/mol. The molecule has 3 aromatic carbocycles. The Balaban J connectivity index is 1.56. The quantitative estimate of drug-likeness (QED) is 0.260. The van der Waals surface area contributed by atoms with Crippen LogP contribution >= 0.6 is 0 Å². The third kappa shape index (κ3) is 3.15. The Labute approximate surface area is 148 Å². The monoisotopic (exact) mass is 345 g/mol. The zero-order valence-electron chi connectivity index (χ0n) is 13.8. The van der Waals surface area contributed by atoms with Crippen molar-refractivity contribution in [2.45, 2.75) is 0 Å². The summed E-state index contributed by atoms with van der Waals surface area (Å²) in [6.07, 6.45) is 0. The van der Waals surface area contributed by atoms with Gasteiger partial charge in [-0.15, -0.1) is 0 Å². The number of ether oxygens (including phenoxy) is 1. The summed E-state index contributed by atoms with van der Waals surface area (Å²) >= 11 is 0. The summed E-state index contributed by atoms with van der Waals surface area (Å²) in [5.41, 5.74) is 1.32. The highest BCUT2D eigenvalue weighted by atomic mass is 16.5. The van der Waals surface area contributed by atoms with Crippen LogP contribution in [0.4, 0.5) is 0 Å². The van der Waals surface area contributed by atoms with Crippen molar-refractivity contribution in [3.8, 4) is 5.75 Å². The minimum Gasteiger partial charge on any atom is -0.487 e. The number of fused-ring (bicyclic) bond motifs is 2. The fraction of sp³-hybridized carbons (Fsp3) is 0.0476. The van der Waals surface area contributed by atoms with Crippen molar-refractivity contribution in [1.82, 2.24) is 0 Å². The van der Waals surface area contributed by atoms with Gasteiger partial charge in [-0.1, -0.05) is 41.6 Å². The highest BCUT2D eigenvalue weighted by molar-refractivity contribution is 6.04. The Bertz CT molecular complexity index is 1180.